The number of rotatable bonds is 2. The van der Waals surface area contributed by atoms with Crippen LogP contribution in [0.1, 0.15) is 46.0 Å². The van der Waals surface area contributed by atoms with Crippen molar-refractivity contribution in [1.82, 2.24) is 10.2 Å². The number of carbonyl (C=O) groups excluding carboxylic acids is 1. The Hall–Kier alpha value is -1.30. The van der Waals surface area contributed by atoms with Crippen molar-refractivity contribution in [3.8, 4) is 0 Å². The van der Waals surface area contributed by atoms with Crippen LogP contribution in [0, 0.1) is 5.92 Å². The van der Waals surface area contributed by atoms with E-state index in [1.807, 2.05) is 6.92 Å². The predicted molar refractivity (Wildman–Crippen MR) is 78.1 cm³/mol. The summed E-state index contributed by atoms with van der Waals surface area (Å²) in [5.74, 6) is -0.386. The van der Waals surface area contributed by atoms with Crippen molar-refractivity contribution in [3.05, 3.63) is 0 Å². The van der Waals surface area contributed by atoms with Gasteiger partial charge in [0.2, 0.25) is 0 Å². The van der Waals surface area contributed by atoms with E-state index in [0.29, 0.717) is 38.5 Å². The molecule has 2 rings (SSSR count). The lowest BCUT2D eigenvalue weighted by atomic mass is 9.77. The normalized spacial score (nSPS) is 34.1. The molecule has 2 amide bonds. The Morgan fingerprint density at radius 2 is 1.95 bits per heavy atom. The van der Waals surface area contributed by atoms with Crippen LogP contribution in [0.15, 0.2) is 0 Å². The molecule has 0 spiro atoms. The summed E-state index contributed by atoms with van der Waals surface area (Å²) in [7, 11) is 0. The van der Waals surface area contributed by atoms with Gasteiger partial charge in [-0.2, -0.15) is 0 Å². The number of hydrogen-bond acceptors (Lipinski definition) is 3. The van der Waals surface area contributed by atoms with Gasteiger partial charge < -0.3 is 20.1 Å². The average Bonchev–Trinajstić information content (AvgIpc) is 2.66. The molecule has 2 fully saturated rings. The lowest BCUT2D eigenvalue weighted by Gasteiger charge is -2.38. The molecule has 1 unspecified atom stereocenters. The van der Waals surface area contributed by atoms with Crippen molar-refractivity contribution in [1.29, 1.82) is 0 Å². The summed E-state index contributed by atoms with van der Waals surface area (Å²) in [5, 5.41) is 12.4. The number of aliphatic carboxylic acids is 1. The Labute approximate surface area is 125 Å². The SMILES string of the molecule is CC1CCC(NC(=O)N2CCCOC(C)C2)(C(=O)O)CC1. The van der Waals surface area contributed by atoms with Gasteiger partial charge in [-0.05, 0) is 44.9 Å². The van der Waals surface area contributed by atoms with Crippen LogP contribution >= 0.6 is 0 Å². The van der Waals surface area contributed by atoms with Crippen LogP contribution in [-0.4, -0.2) is 53.3 Å². The van der Waals surface area contributed by atoms with Gasteiger partial charge in [0.05, 0.1) is 6.10 Å². The van der Waals surface area contributed by atoms with Gasteiger partial charge in [0.1, 0.15) is 5.54 Å². The summed E-state index contributed by atoms with van der Waals surface area (Å²) in [6.07, 6.45) is 3.47. The average molecular weight is 298 g/mol. The van der Waals surface area contributed by atoms with Gasteiger partial charge in [0.15, 0.2) is 0 Å². The van der Waals surface area contributed by atoms with Crippen LogP contribution in [-0.2, 0) is 9.53 Å². The molecule has 2 N–H and O–H groups in total. The van der Waals surface area contributed by atoms with Crippen molar-refractivity contribution in [2.24, 2.45) is 5.92 Å². The molecule has 1 saturated heterocycles. The standard InChI is InChI=1S/C15H26N2O4/c1-11-4-6-15(7-5-11,13(18)19)16-14(20)17-8-3-9-21-12(2)10-17/h11-12H,3-10H2,1-2H3,(H,16,20)(H,18,19). The number of amides is 2. The van der Waals surface area contributed by atoms with E-state index in [1.165, 1.54) is 0 Å². The Kier molecular flexibility index (Phi) is 5.08. The molecule has 0 aromatic heterocycles. The van der Waals surface area contributed by atoms with Gasteiger partial charge in [0.25, 0.3) is 0 Å². The molecule has 0 bridgehead atoms. The highest BCUT2D eigenvalue weighted by Crippen LogP contribution is 2.32. The fourth-order valence-corrected chi connectivity index (χ4v) is 3.11. The van der Waals surface area contributed by atoms with Crippen molar-refractivity contribution >= 4 is 12.0 Å². The number of carboxylic acids is 1. The van der Waals surface area contributed by atoms with Gasteiger partial charge in [-0.15, -0.1) is 0 Å². The number of hydrogen-bond donors (Lipinski definition) is 2. The van der Waals surface area contributed by atoms with Crippen LogP contribution in [0.3, 0.4) is 0 Å². The summed E-state index contributed by atoms with van der Waals surface area (Å²) in [5.41, 5.74) is -1.10. The molecular formula is C15H26N2O4. The molecule has 0 aromatic rings. The van der Waals surface area contributed by atoms with Gasteiger partial charge >= 0.3 is 12.0 Å². The first kappa shape index (κ1) is 16.1. The van der Waals surface area contributed by atoms with Crippen molar-refractivity contribution in [2.45, 2.75) is 57.6 Å². The van der Waals surface area contributed by atoms with Crippen LogP contribution in [0.25, 0.3) is 0 Å². The second kappa shape index (κ2) is 6.64. The minimum absolute atomic E-state index is 0.00888. The molecule has 1 saturated carbocycles. The van der Waals surface area contributed by atoms with Crippen molar-refractivity contribution in [2.75, 3.05) is 19.7 Å². The van der Waals surface area contributed by atoms with Crippen molar-refractivity contribution in [3.63, 3.8) is 0 Å². The van der Waals surface area contributed by atoms with Crippen LogP contribution in [0.5, 0.6) is 0 Å². The first-order valence-electron chi connectivity index (χ1n) is 7.85. The molecule has 120 valence electrons. The smallest absolute Gasteiger partial charge is 0.329 e. The third-order valence-corrected chi connectivity index (χ3v) is 4.62. The predicted octanol–water partition coefficient (Wildman–Crippen LogP) is 1.84. The Balaban J connectivity index is 2.02. The highest BCUT2D eigenvalue weighted by Gasteiger charge is 2.43. The number of ether oxygens (including phenoxy) is 1. The van der Waals surface area contributed by atoms with Crippen molar-refractivity contribution < 1.29 is 19.4 Å². The minimum Gasteiger partial charge on any atom is -0.480 e. The van der Waals surface area contributed by atoms with E-state index in [9.17, 15) is 14.7 Å². The highest BCUT2D eigenvalue weighted by atomic mass is 16.5. The summed E-state index contributed by atoms with van der Waals surface area (Å²) in [6.45, 7) is 5.83. The molecule has 1 aliphatic heterocycles. The lowest BCUT2D eigenvalue weighted by Crippen LogP contribution is -2.59. The van der Waals surface area contributed by atoms with E-state index in [2.05, 4.69) is 12.2 Å². The second-order valence-electron chi connectivity index (χ2n) is 6.48. The molecule has 2 aliphatic rings. The topological polar surface area (TPSA) is 78.9 Å². The fraction of sp³-hybridized carbons (Fsp3) is 0.867. The number of carbonyl (C=O) groups is 2. The summed E-state index contributed by atoms with van der Waals surface area (Å²) >= 11 is 0. The minimum atomic E-state index is -1.10. The zero-order chi connectivity index (χ0) is 15.5. The van der Waals surface area contributed by atoms with E-state index < -0.39 is 11.5 Å². The highest BCUT2D eigenvalue weighted by molar-refractivity contribution is 5.86. The number of nitrogens with one attached hydrogen (secondary N) is 1. The van der Waals surface area contributed by atoms with Gasteiger partial charge in [0, 0.05) is 19.7 Å². The third-order valence-electron chi connectivity index (χ3n) is 4.62. The molecular weight excluding hydrogens is 272 g/mol. The Morgan fingerprint density at radius 1 is 1.29 bits per heavy atom. The van der Waals surface area contributed by atoms with Gasteiger partial charge in [-0.3, -0.25) is 0 Å². The summed E-state index contributed by atoms with van der Waals surface area (Å²) in [6, 6.07) is -0.274. The van der Waals surface area contributed by atoms with Gasteiger partial charge in [-0.25, -0.2) is 9.59 Å². The van der Waals surface area contributed by atoms with Gasteiger partial charge in [-0.1, -0.05) is 6.92 Å². The summed E-state index contributed by atoms with van der Waals surface area (Å²) < 4.78 is 5.52. The molecule has 21 heavy (non-hydrogen) atoms. The maximum atomic E-state index is 12.5. The molecule has 0 aromatic carbocycles. The maximum absolute atomic E-state index is 12.5. The monoisotopic (exact) mass is 298 g/mol. The molecule has 1 atom stereocenters. The molecule has 0 radical (unpaired) electrons. The van der Waals surface area contributed by atoms with Crippen LogP contribution < -0.4 is 5.32 Å². The van der Waals surface area contributed by atoms with E-state index in [0.717, 1.165) is 19.3 Å². The Bertz CT molecular complexity index is 391. The van der Waals surface area contributed by atoms with E-state index >= 15 is 0 Å². The fourth-order valence-electron chi connectivity index (χ4n) is 3.11. The molecule has 1 aliphatic carbocycles. The number of carboxylic acid groups (broad SMARTS) is 1. The lowest BCUT2D eigenvalue weighted by molar-refractivity contribution is -0.146. The second-order valence-corrected chi connectivity index (χ2v) is 6.48. The first-order chi connectivity index (χ1) is 9.93. The number of nitrogens with zero attached hydrogens (tertiary/aromatic N) is 1. The quantitative estimate of drug-likeness (QED) is 0.815. The molecule has 6 heteroatoms. The molecule has 1 heterocycles. The molecule has 6 nitrogen and oxygen atoms in total. The van der Waals surface area contributed by atoms with Crippen LogP contribution in [0.2, 0.25) is 0 Å². The largest absolute Gasteiger partial charge is 0.480 e. The van der Waals surface area contributed by atoms with E-state index in [4.69, 9.17) is 4.74 Å². The number of urea groups is 1. The third kappa shape index (κ3) is 3.87. The van der Waals surface area contributed by atoms with E-state index in [1.54, 1.807) is 4.90 Å². The Morgan fingerprint density at radius 3 is 2.57 bits per heavy atom. The van der Waals surface area contributed by atoms with E-state index in [-0.39, 0.29) is 12.1 Å². The zero-order valence-corrected chi connectivity index (χ0v) is 12.9. The van der Waals surface area contributed by atoms with Crippen LogP contribution in [0.4, 0.5) is 4.79 Å². The first-order valence-corrected chi connectivity index (χ1v) is 7.85. The zero-order valence-electron chi connectivity index (χ0n) is 12.9. The summed E-state index contributed by atoms with van der Waals surface area (Å²) in [4.78, 5) is 25.8. The maximum Gasteiger partial charge on any atom is 0.329 e.